The van der Waals surface area contributed by atoms with E-state index in [2.05, 4.69) is 39.2 Å². The van der Waals surface area contributed by atoms with Gasteiger partial charge in [0.1, 0.15) is 6.54 Å². The number of nitrogens with one attached hydrogen (secondary N) is 2. The molecule has 1 heterocycles. The molecular formula is C29H35Cl2F2N7. The monoisotopic (exact) mass is 589 g/mol. The standard InChI is InChI=1S/C27H29Cl2F2N7.C2H6/c1-15-12-20(28)13-22(19(5)32-7)24(15)34-18(4)17(3)25(21-10-8-9-11-23(21)29)33-16(2)14-38-36-26(35-37-38)27(6,30)31;1-2/h8-13,32,34H,4-5,14H2,1-3,6-7H3;1-2H3/b25-17+,33-16?;. The average Bonchev–Trinajstić information content (AvgIpc) is 3.38. The number of benzene rings is 2. The van der Waals surface area contributed by atoms with Crippen LogP contribution in [0.2, 0.25) is 10.0 Å². The Bertz CT molecular complexity index is 1440. The molecule has 0 bridgehead atoms. The van der Waals surface area contributed by atoms with Crippen LogP contribution >= 0.6 is 23.2 Å². The van der Waals surface area contributed by atoms with Crippen LogP contribution in [0.3, 0.4) is 0 Å². The fourth-order valence-corrected chi connectivity index (χ4v) is 4.08. The zero-order valence-corrected chi connectivity index (χ0v) is 25.3. The van der Waals surface area contributed by atoms with Crippen LogP contribution < -0.4 is 10.6 Å². The van der Waals surface area contributed by atoms with E-state index in [1.807, 2.05) is 58.0 Å². The second kappa shape index (κ2) is 14.2. The van der Waals surface area contributed by atoms with Crippen molar-refractivity contribution in [1.29, 1.82) is 0 Å². The van der Waals surface area contributed by atoms with Gasteiger partial charge in [-0.15, -0.1) is 10.2 Å². The van der Waals surface area contributed by atoms with Gasteiger partial charge in [0.25, 0.3) is 0 Å². The van der Waals surface area contributed by atoms with Gasteiger partial charge in [-0.2, -0.15) is 13.6 Å². The molecule has 0 aliphatic carbocycles. The van der Waals surface area contributed by atoms with Crippen molar-refractivity contribution in [3.63, 3.8) is 0 Å². The normalized spacial score (nSPS) is 12.2. The number of halogens is 4. The molecule has 11 heteroatoms. The molecule has 0 aliphatic heterocycles. The SMILES string of the molecule is C=C(Nc1c(C)cc(Cl)cc1C(=C)NC)/C(C)=C(/N=C(C)Cn1nnc(C(C)(F)F)n1)c1ccccc1Cl.CC. The van der Waals surface area contributed by atoms with Crippen molar-refractivity contribution in [3.05, 3.63) is 93.4 Å². The van der Waals surface area contributed by atoms with Crippen molar-refractivity contribution in [2.24, 2.45) is 4.99 Å². The zero-order chi connectivity index (χ0) is 30.2. The minimum atomic E-state index is -3.19. The van der Waals surface area contributed by atoms with Gasteiger partial charge in [0.05, 0.1) is 11.4 Å². The van der Waals surface area contributed by atoms with E-state index in [1.165, 1.54) is 0 Å². The molecule has 0 unspecified atom stereocenters. The molecule has 0 saturated carbocycles. The Hall–Kier alpha value is -3.56. The molecule has 40 heavy (non-hydrogen) atoms. The van der Waals surface area contributed by atoms with Gasteiger partial charge in [0.15, 0.2) is 0 Å². The van der Waals surface area contributed by atoms with Gasteiger partial charge >= 0.3 is 5.92 Å². The second-order valence-electron chi connectivity index (χ2n) is 8.81. The van der Waals surface area contributed by atoms with E-state index in [-0.39, 0.29) is 6.54 Å². The van der Waals surface area contributed by atoms with E-state index < -0.39 is 11.7 Å². The van der Waals surface area contributed by atoms with Gasteiger partial charge in [-0.1, -0.05) is 68.4 Å². The van der Waals surface area contributed by atoms with E-state index in [0.29, 0.717) is 44.0 Å². The lowest BCUT2D eigenvalue weighted by Crippen LogP contribution is -2.14. The number of hydrogen-bond acceptors (Lipinski definition) is 6. The third kappa shape index (κ3) is 8.22. The Morgan fingerprint density at radius 1 is 1.10 bits per heavy atom. The zero-order valence-electron chi connectivity index (χ0n) is 23.8. The Kier molecular flexibility index (Phi) is 11.6. The Balaban J connectivity index is 0.00000274. The van der Waals surface area contributed by atoms with Crippen LogP contribution in [0.25, 0.3) is 11.4 Å². The van der Waals surface area contributed by atoms with E-state index in [1.54, 1.807) is 20.0 Å². The van der Waals surface area contributed by atoms with Gasteiger partial charge in [0.2, 0.25) is 5.82 Å². The number of hydrogen-bond donors (Lipinski definition) is 2. The first-order valence-corrected chi connectivity index (χ1v) is 13.4. The van der Waals surface area contributed by atoms with Crippen LogP contribution in [0, 0.1) is 6.92 Å². The number of rotatable bonds is 10. The van der Waals surface area contributed by atoms with E-state index in [9.17, 15) is 8.78 Å². The lowest BCUT2D eigenvalue weighted by molar-refractivity contribution is 0.00741. The topological polar surface area (TPSA) is 80.0 Å². The maximum Gasteiger partial charge on any atom is 0.307 e. The van der Waals surface area contributed by atoms with Gasteiger partial charge in [0, 0.05) is 52.2 Å². The number of aryl methyl sites for hydroxylation is 1. The number of aliphatic imine (C=N–C) groups is 1. The largest absolute Gasteiger partial charge is 0.388 e. The molecule has 0 aliphatic rings. The molecule has 0 fully saturated rings. The lowest BCUT2D eigenvalue weighted by atomic mass is 10.0. The van der Waals surface area contributed by atoms with E-state index in [4.69, 9.17) is 28.2 Å². The highest BCUT2D eigenvalue weighted by Crippen LogP contribution is 2.34. The number of alkyl halides is 2. The second-order valence-corrected chi connectivity index (χ2v) is 9.65. The van der Waals surface area contributed by atoms with Crippen molar-refractivity contribution in [1.82, 2.24) is 25.5 Å². The summed E-state index contributed by atoms with van der Waals surface area (Å²) in [5.74, 6) is -3.85. The third-order valence-corrected chi connectivity index (χ3v) is 6.21. The van der Waals surface area contributed by atoms with Crippen LogP contribution in [0.5, 0.6) is 0 Å². The third-order valence-electron chi connectivity index (χ3n) is 5.66. The summed E-state index contributed by atoms with van der Waals surface area (Å²) < 4.78 is 27.1. The maximum atomic E-state index is 13.5. The Labute approximate surface area is 244 Å². The summed E-state index contributed by atoms with van der Waals surface area (Å²) in [7, 11) is 1.78. The first-order chi connectivity index (χ1) is 18.8. The molecule has 3 rings (SSSR count). The van der Waals surface area contributed by atoms with Crippen molar-refractivity contribution < 1.29 is 8.78 Å². The van der Waals surface area contributed by atoms with Gasteiger partial charge in [-0.05, 0) is 55.3 Å². The van der Waals surface area contributed by atoms with Crippen molar-refractivity contribution in [2.75, 3.05) is 12.4 Å². The van der Waals surface area contributed by atoms with E-state index >= 15 is 0 Å². The van der Waals surface area contributed by atoms with Crippen molar-refractivity contribution >= 4 is 46.0 Å². The molecule has 3 aromatic rings. The molecule has 214 valence electrons. The molecule has 0 saturated heterocycles. The molecule has 0 atom stereocenters. The maximum absolute atomic E-state index is 13.5. The highest BCUT2D eigenvalue weighted by Gasteiger charge is 2.30. The van der Waals surface area contributed by atoms with E-state index in [0.717, 1.165) is 28.5 Å². The molecule has 1 aromatic heterocycles. The molecular weight excluding hydrogens is 555 g/mol. The van der Waals surface area contributed by atoms with Gasteiger partial charge in [-0.3, -0.25) is 4.99 Å². The quantitative estimate of drug-likeness (QED) is 0.184. The number of allylic oxidation sites excluding steroid dienone is 1. The van der Waals surface area contributed by atoms with Crippen LogP contribution in [0.4, 0.5) is 14.5 Å². The number of nitrogens with zero attached hydrogens (tertiary/aromatic N) is 5. The van der Waals surface area contributed by atoms with Crippen molar-refractivity contribution in [2.45, 2.75) is 54.0 Å². The Morgan fingerprint density at radius 3 is 2.33 bits per heavy atom. The molecule has 2 N–H and O–H groups in total. The summed E-state index contributed by atoms with van der Waals surface area (Å²) in [5, 5.41) is 18.5. The molecule has 0 spiro atoms. The number of tetrazole rings is 1. The highest BCUT2D eigenvalue weighted by atomic mass is 35.5. The first-order valence-electron chi connectivity index (χ1n) is 12.6. The first kappa shape index (κ1) is 32.7. The average molecular weight is 591 g/mol. The lowest BCUT2D eigenvalue weighted by Gasteiger charge is -2.20. The fraction of sp³-hybridized carbons (Fsp3) is 0.310. The summed E-state index contributed by atoms with van der Waals surface area (Å²) in [5.41, 5.74) is 6.22. The molecule has 7 nitrogen and oxygen atoms in total. The minimum Gasteiger partial charge on any atom is -0.388 e. The van der Waals surface area contributed by atoms with Crippen LogP contribution in [0.1, 0.15) is 57.1 Å². The van der Waals surface area contributed by atoms with Crippen LogP contribution in [0.15, 0.2) is 65.8 Å². The predicted molar refractivity (Wildman–Crippen MR) is 163 cm³/mol. The summed E-state index contributed by atoms with van der Waals surface area (Å²) in [6.07, 6.45) is 0. The van der Waals surface area contributed by atoms with Crippen LogP contribution in [-0.4, -0.2) is 33.0 Å². The fourth-order valence-electron chi connectivity index (χ4n) is 3.59. The number of anilines is 1. The smallest absolute Gasteiger partial charge is 0.307 e. The molecule has 0 amide bonds. The summed E-state index contributed by atoms with van der Waals surface area (Å²) >= 11 is 12.8. The summed E-state index contributed by atoms with van der Waals surface area (Å²) in [6, 6.07) is 10.9. The Morgan fingerprint density at radius 2 is 1.75 bits per heavy atom. The van der Waals surface area contributed by atoms with Crippen LogP contribution in [-0.2, 0) is 12.5 Å². The van der Waals surface area contributed by atoms with Crippen molar-refractivity contribution in [3.8, 4) is 0 Å². The highest BCUT2D eigenvalue weighted by molar-refractivity contribution is 6.32. The minimum absolute atomic E-state index is 0.0483. The number of aromatic nitrogens is 4. The predicted octanol–water partition coefficient (Wildman–Crippen LogP) is 8.13. The summed E-state index contributed by atoms with van der Waals surface area (Å²) in [6.45, 7) is 18.6. The molecule has 2 aromatic carbocycles. The summed E-state index contributed by atoms with van der Waals surface area (Å²) in [4.78, 5) is 5.87. The van der Waals surface area contributed by atoms with Gasteiger partial charge < -0.3 is 10.6 Å². The van der Waals surface area contributed by atoms with Gasteiger partial charge in [-0.25, -0.2) is 0 Å². The molecule has 0 radical (unpaired) electrons.